The average molecular weight is 220 g/mol. The average Bonchev–Trinajstić information content (AvgIpc) is 2.26. The van der Waals surface area contributed by atoms with Crippen LogP contribution in [-0.4, -0.2) is 40.5 Å². The zero-order chi connectivity index (χ0) is 10.6. The summed E-state index contributed by atoms with van der Waals surface area (Å²) in [6.45, 7) is 2.69. The van der Waals surface area contributed by atoms with Gasteiger partial charge in [0.1, 0.15) is 5.38 Å². The van der Waals surface area contributed by atoms with Gasteiger partial charge in [-0.15, -0.1) is 11.6 Å². The molecule has 0 spiro atoms. The van der Waals surface area contributed by atoms with Gasteiger partial charge in [-0.05, 0) is 25.7 Å². The molecule has 1 amide bonds. The number of piperidine rings is 1. The van der Waals surface area contributed by atoms with Crippen LogP contribution in [0.25, 0.3) is 0 Å². The molecule has 0 saturated carbocycles. The first-order valence-electron chi connectivity index (χ1n) is 5.26. The fourth-order valence-electron chi connectivity index (χ4n) is 1.84. The third-order valence-electron chi connectivity index (χ3n) is 2.75. The molecule has 1 rings (SSSR count). The highest BCUT2D eigenvalue weighted by molar-refractivity contribution is 6.30. The first-order valence-corrected chi connectivity index (χ1v) is 5.69. The van der Waals surface area contributed by atoms with Crippen LogP contribution in [0.15, 0.2) is 0 Å². The highest BCUT2D eigenvalue weighted by Gasteiger charge is 2.29. The lowest BCUT2D eigenvalue weighted by Gasteiger charge is -2.35. The summed E-state index contributed by atoms with van der Waals surface area (Å²) in [5, 5.41) is 8.70. The van der Waals surface area contributed by atoms with Crippen LogP contribution in [0, 0.1) is 0 Å². The van der Waals surface area contributed by atoms with E-state index >= 15 is 0 Å². The first kappa shape index (κ1) is 11.8. The summed E-state index contributed by atoms with van der Waals surface area (Å²) in [7, 11) is 0. The maximum atomic E-state index is 11.8. The van der Waals surface area contributed by atoms with E-state index in [1.165, 1.54) is 0 Å². The van der Waals surface area contributed by atoms with Crippen LogP contribution in [0.3, 0.4) is 0 Å². The summed E-state index contributed by atoms with van der Waals surface area (Å²) in [6.07, 6.45) is 3.66. The topological polar surface area (TPSA) is 40.5 Å². The zero-order valence-electron chi connectivity index (χ0n) is 8.58. The van der Waals surface area contributed by atoms with Crippen LogP contribution in [0.1, 0.15) is 32.6 Å². The predicted molar refractivity (Wildman–Crippen MR) is 56.4 cm³/mol. The third-order valence-corrected chi connectivity index (χ3v) is 3.24. The molecule has 0 aromatic heterocycles. The van der Waals surface area contributed by atoms with Gasteiger partial charge in [-0.1, -0.05) is 6.92 Å². The standard InChI is InChI=1S/C10H18ClNO2/c1-2-9(11)10(14)12-6-4-3-5-8(12)7-13/h8-9,13H,2-7H2,1H3/t8-,9-/m0/s1. The Morgan fingerprint density at radius 3 is 2.93 bits per heavy atom. The van der Waals surface area contributed by atoms with Gasteiger partial charge in [-0.25, -0.2) is 0 Å². The van der Waals surface area contributed by atoms with Crippen molar-refractivity contribution < 1.29 is 9.90 Å². The largest absolute Gasteiger partial charge is 0.394 e. The molecule has 0 aromatic carbocycles. The second-order valence-electron chi connectivity index (χ2n) is 3.74. The van der Waals surface area contributed by atoms with Gasteiger partial charge in [0.05, 0.1) is 12.6 Å². The van der Waals surface area contributed by atoms with Gasteiger partial charge in [0, 0.05) is 6.54 Å². The first-order chi connectivity index (χ1) is 6.70. The lowest BCUT2D eigenvalue weighted by molar-refractivity contribution is -0.135. The summed E-state index contributed by atoms with van der Waals surface area (Å²) in [5.41, 5.74) is 0. The van der Waals surface area contributed by atoms with E-state index in [0.717, 1.165) is 25.8 Å². The molecule has 0 aliphatic carbocycles. The number of halogens is 1. The second-order valence-corrected chi connectivity index (χ2v) is 4.27. The molecule has 1 aliphatic rings. The summed E-state index contributed by atoms with van der Waals surface area (Å²) >= 11 is 5.90. The van der Waals surface area contributed by atoms with Crippen molar-refractivity contribution in [2.24, 2.45) is 0 Å². The molecule has 0 radical (unpaired) electrons. The molecule has 1 N–H and O–H groups in total. The second kappa shape index (κ2) is 5.56. The van der Waals surface area contributed by atoms with Crippen LogP contribution in [0.2, 0.25) is 0 Å². The monoisotopic (exact) mass is 219 g/mol. The normalized spacial score (nSPS) is 24.8. The zero-order valence-corrected chi connectivity index (χ0v) is 9.33. The van der Waals surface area contributed by atoms with E-state index in [2.05, 4.69) is 0 Å². The number of amides is 1. The minimum Gasteiger partial charge on any atom is -0.394 e. The number of aliphatic hydroxyl groups excluding tert-OH is 1. The number of hydrogen-bond donors (Lipinski definition) is 1. The van der Waals surface area contributed by atoms with E-state index in [9.17, 15) is 4.79 Å². The quantitative estimate of drug-likeness (QED) is 0.729. The van der Waals surface area contributed by atoms with Gasteiger partial charge in [-0.3, -0.25) is 4.79 Å². The highest BCUT2D eigenvalue weighted by Crippen LogP contribution is 2.19. The van der Waals surface area contributed by atoms with Gasteiger partial charge >= 0.3 is 0 Å². The van der Waals surface area contributed by atoms with E-state index < -0.39 is 5.38 Å². The molecule has 3 nitrogen and oxygen atoms in total. The molecule has 0 unspecified atom stereocenters. The van der Waals surface area contributed by atoms with Gasteiger partial charge in [-0.2, -0.15) is 0 Å². The molecule has 0 bridgehead atoms. The van der Waals surface area contributed by atoms with Crippen LogP contribution in [0.5, 0.6) is 0 Å². The maximum absolute atomic E-state index is 11.8. The molecular formula is C10H18ClNO2. The highest BCUT2D eigenvalue weighted by atomic mass is 35.5. The number of aliphatic hydroxyl groups is 1. The number of hydrogen-bond acceptors (Lipinski definition) is 2. The van der Waals surface area contributed by atoms with E-state index in [0.29, 0.717) is 6.42 Å². The number of carbonyl (C=O) groups is 1. The van der Waals surface area contributed by atoms with Crippen molar-refractivity contribution >= 4 is 17.5 Å². The molecule has 2 atom stereocenters. The van der Waals surface area contributed by atoms with Crippen molar-refractivity contribution in [1.82, 2.24) is 4.90 Å². The molecule has 1 fully saturated rings. The smallest absolute Gasteiger partial charge is 0.240 e. The Labute approximate surface area is 90.0 Å². The predicted octanol–water partition coefficient (Wildman–Crippen LogP) is 1.38. The number of nitrogens with zero attached hydrogens (tertiary/aromatic N) is 1. The Morgan fingerprint density at radius 2 is 2.36 bits per heavy atom. The number of carbonyl (C=O) groups excluding carboxylic acids is 1. The summed E-state index contributed by atoms with van der Waals surface area (Å²) in [4.78, 5) is 13.5. The maximum Gasteiger partial charge on any atom is 0.240 e. The molecular weight excluding hydrogens is 202 g/mol. The fourth-order valence-corrected chi connectivity index (χ4v) is 1.96. The summed E-state index contributed by atoms with van der Waals surface area (Å²) < 4.78 is 0. The molecule has 4 heteroatoms. The molecule has 0 aromatic rings. The number of alkyl halides is 1. The minimum atomic E-state index is -0.429. The van der Waals surface area contributed by atoms with Crippen molar-refractivity contribution in [3.8, 4) is 0 Å². The van der Waals surface area contributed by atoms with Crippen molar-refractivity contribution in [3.05, 3.63) is 0 Å². The van der Waals surface area contributed by atoms with E-state index in [4.69, 9.17) is 16.7 Å². The van der Waals surface area contributed by atoms with E-state index in [-0.39, 0.29) is 18.6 Å². The number of rotatable bonds is 3. The van der Waals surface area contributed by atoms with Crippen molar-refractivity contribution in [2.75, 3.05) is 13.2 Å². The van der Waals surface area contributed by atoms with Crippen LogP contribution in [-0.2, 0) is 4.79 Å². The Morgan fingerprint density at radius 1 is 1.64 bits per heavy atom. The van der Waals surface area contributed by atoms with Gasteiger partial charge in [0.15, 0.2) is 0 Å². The third kappa shape index (κ3) is 2.61. The van der Waals surface area contributed by atoms with Gasteiger partial charge < -0.3 is 10.0 Å². The fraction of sp³-hybridized carbons (Fsp3) is 0.900. The van der Waals surface area contributed by atoms with E-state index in [1.807, 2.05) is 6.92 Å². The molecule has 1 heterocycles. The summed E-state index contributed by atoms with van der Waals surface area (Å²) in [5.74, 6) is -0.0204. The molecule has 1 saturated heterocycles. The molecule has 1 aliphatic heterocycles. The van der Waals surface area contributed by atoms with Crippen molar-refractivity contribution in [3.63, 3.8) is 0 Å². The number of likely N-dealkylation sites (tertiary alicyclic amines) is 1. The lowest BCUT2D eigenvalue weighted by atomic mass is 10.0. The molecule has 82 valence electrons. The van der Waals surface area contributed by atoms with E-state index in [1.54, 1.807) is 4.90 Å². The minimum absolute atomic E-state index is 0.0101. The summed E-state index contributed by atoms with van der Waals surface area (Å²) in [6, 6.07) is -0.0101. The van der Waals surface area contributed by atoms with Gasteiger partial charge in [0.25, 0.3) is 0 Å². The van der Waals surface area contributed by atoms with Gasteiger partial charge in [0.2, 0.25) is 5.91 Å². The molecule has 14 heavy (non-hydrogen) atoms. The Kier molecular flexibility index (Phi) is 4.69. The Bertz CT molecular complexity index is 199. The van der Waals surface area contributed by atoms with Crippen molar-refractivity contribution in [2.45, 2.75) is 44.0 Å². The van der Waals surface area contributed by atoms with Crippen LogP contribution >= 0.6 is 11.6 Å². The lowest BCUT2D eigenvalue weighted by Crippen LogP contribution is -2.48. The van der Waals surface area contributed by atoms with Crippen LogP contribution in [0.4, 0.5) is 0 Å². The Hall–Kier alpha value is -0.280. The Balaban J connectivity index is 2.58. The van der Waals surface area contributed by atoms with Crippen molar-refractivity contribution in [1.29, 1.82) is 0 Å². The van der Waals surface area contributed by atoms with Crippen LogP contribution < -0.4 is 0 Å². The SMILES string of the molecule is CC[C@H](Cl)C(=O)N1CCCC[C@H]1CO.